The van der Waals surface area contributed by atoms with Crippen molar-refractivity contribution in [2.45, 2.75) is 6.42 Å². The minimum absolute atomic E-state index is 0.0317. The second-order valence-corrected chi connectivity index (χ2v) is 5.01. The van der Waals surface area contributed by atoms with Gasteiger partial charge in [0.1, 0.15) is 0 Å². The molecule has 7 nitrogen and oxygen atoms in total. The molecule has 0 aliphatic heterocycles. The summed E-state index contributed by atoms with van der Waals surface area (Å²) in [6.45, 7) is 0. The minimum atomic E-state index is -0.757. The third-order valence-corrected chi connectivity index (χ3v) is 3.10. The Labute approximate surface area is 136 Å². The van der Waals surface area contributed by atoms with Gasteiger partial charge in [-0.05, 0) is 11.6 Å². The van der Waals surface area contributed by atoms with Crippen LogP contribution in [0.4, 0.5) is 5.69 Å². The van der Waals surface area contributed by atoms with Crippen LogP contribution in [-0.4, -0.2) is 22.2 Å². The van der Waals surface area contributed by atoms with Crippen LogP contribution >= 0.6 is 11.6 Å². The molecule has 1 amide bonds. The predicted molar refractivity (Wildman–Crippen MR) is 85.7 cm³/mol. The average molecular weight is 334 g/mol. The van der Waals surface area contributed by atoms with Crippen molar-refractivity contribution in [1.29, 1.82) is 0 Å². The summed E-state index contributed by atoms with van der Waals surface area (Å²) in [4.78, 5) is 21.7. The molecule has 2 N–H and O–H groups in total. The quantitative estimate of drug-likeness (QED) is 0.498. The number of benzene rings is 2. The third kappa shape index (κ3) is 4.52. The molecule has 0 atom stereocenters. The van der Waals surface area contributed by atoms with Crippen molar-refractivity contribution in [1.82, 2.24) is 5.43 Å². The lowest BCUT2D eigenvalue weighted by atomic mass is 10.1. The van der Waals surface area contributed by atoms with E-state index in [1.165, 1.54) is 6.07 Å². The van der Waals surface area contributed by atoms with Crippen molar-refractivity contribution < 1.29 is 14.8 Å². The van der Waals surface area contributed by atoms with Gasteiger partial charge in [0.05, 0.1) is 17.6 Å². The Morgan fingerprint density at radius 2 is 2.04 bits per heavy atom. The number of nitrogens with one attached hydrogen (secondary N) is 1. The molecule has 0 heterocycles. The second-order valence-electron chi connectivity index (χ2n) is 4.58. The van der Waals surface area contributed by atoms with Gasteiger partial charge in [-0.2, -0.15) is 5.10 Å². The van der Waals surface area contributed by atoms with E-state index in [0.29, 0.717) is 0 Å². The summed E-state index contributed by atoms with van der Waals surface area (Å²) >= 11 is 5.75. The lowest BCUT2D eigenvalue weighted by Crippen LogP contribution is -2.19. The first-order chi connectivity index (χ1) is 11.0. The van der Waals surface area contributed by atoms with Gasteiger partial charge in [0.15, 0.2) is 0 Å². The van der Waals surface area contributed by atoms with Crippen LogP contribution in [0, 0.1) is 10.1 Å². The van der Waals surface area contributed by atoms with E-state index >= 15 is 0 Å². The van der Waals surface area contributed by atoms with Gasteiger partial charge < -0.3 is 5.11 Å². The molecule has 0 saturated carbocycles. The molecular weight excluding hydrogens is 322 g/mol. The first-order valence-electron chi connectivity index (χ1n) is 6.50. The normalized spacial score (nSPS) is 10.7. The summed E-state index contributed by atoms with van der Waals surface area (Å²) in [7, 11) is 0. The molecule has 118 valence electrons. The van der Waals surface area contributed by atoms with Gasteiger partial charge in [0.2, 0.25) is 11.7 Å². The molecule has 23 heavy (non-hydrogen) atoms. The van der Waals surface area contributed by atoms with E-state index in [1.54, 1.807) is 12.1 Å². The predicted octanol–water partition coefficient (Wildman–Crippen LogP) is 2.65. The summed E-state index contributed by atoms with van der Waals surface area (Å²) in [5.74, 6) is -0.927. The molecule has 0 unspecified atom stereocenters. The number of phenolic OH excluding ortho intramolecular Hbond substituents is 1. The Kier molecular flexibility index (Phi) is 5.27. The number of phenols is 1. The maximum absolute atomic E-state index is 11.7. The summed E-state index contributed by atoms with van der Waals surface area (Å²) < 4.78 is 0. The number of nitrogens with zero attached hydrogens (tertiary/aromatic N) is 2. The van der Waals surface area contributed by atoms with Crippen LogP contribution in [0.2, 0.25) is 5.02 Å². The number of carbonyl (C=O) groups excluding carboxylic acids is 1. The fraction of sp³-hybridized carbons (Fsp3) is 0.0667. The Hall–Kier alpha value is -2.93. The van der Waals surface area contributed by atoms with Crippen LogP contribution in [0.1, 0.15) is 11.1 Å². The van der Waals surface area contributed by atoms with Crippen molar-refractivity contribution in [3.05, 3.63) is 68.7 Å². The minimum Gasteiger partial charge on any atom is -0.502 e. The monoisotopic (exact) mass is 333 g/mol. The maximum atomic E-state index is 11.7. The molecule has 0 radical (unpaired) electrons. The van der Waals surface area contributed by atoms with E-state index in [1.807, 2.05) is 18.2 Å². The average Bonchev–Trinajstić information content (AvgIpc) is 2.51. The van der Waals surface area contributed by atoms with E-state index in [2.05, 4.69) is 10.5 Å². The number of aromatic hydroxyl groups is 1. The number of halogens is 1. The summed E-state index contributed by atoms with van der Waals surface area (Å²) in [6.07, 6.45) is 1.23. The van der Waals surface area contributed by atoms with Crippen LogP contribution in [0.3, 0.4) is 0 Å². The van der Waals surface area contributed by atoms with E-state index in [-0.39, 0.29) is 22.9 Å². The number of carbonyl (C=O) groups is 1. The van der Waals surface area contributed by atoms with Crippen LogP contribution < -0.4 is 5.43 Å². The number of nitro groups is 1. The lowest BCUT2D eigenvalue weighted by molar-refractivity contribution is -0.385. The molecule has 2 aromatic rings. The summed E-state index contributed by atoms with van der Waals surface area (Å²) in [5.41, 5.74) is 2.60. The van der Waals surface area contributed by atoms with Gasteiger partial charge in [-0.3, -0.25) is 14.9 Å². The maximum Gasteiger partial charge on any atom is 0.312 e. The van der Waals surface area contributed by atoms with Crippen LogP contribution in [0.25, 0.3) is 0 Å². The highest BCUT2D eigenvalue weighted by molar-refractivity contribution is 6.31. The number of nitro benzene ring substituents is 1. The fourth-order valence-corrected chi connectivity index (χ4v) is 2.06. The van der Waals surface area contributed by atoms with Gasteiger partial charge >= 0.3 is 5.69 Å². The van der Waals surface area contributed by atoms with Gasteiger partial charge in [-0.1, -0.05) is 41.9 Å². The highest BCUT2D eigenvalue weighted by Crippen LogP contribution is 2.32. The van der Waals surface area contributed by atoms with Crippen molar-refractivity contribution >= 4 is 29.4 Å². The summed E-state index contributed by atoms with van der Waals surface area (Å²) in [6, 6.07) is 11.4. The molecule has 0 bridgehead atoms. The third-order valence-electron chi connectivity index (χ3n) is 2.88. The Bertz CT molecular complexity index is 763. The van der Waals surface area contributed by atoms with E-state index in [9.17, 15) is 20.0 Å². The van der Waals surface area contributed by atoms with Gasteiger partial charge in [0.25, 0.3) is 0 Å². The van der Waals surface area contributed by atoms with Crippen LogP contribution in [0.15, 0.2) is 47.6 Å². The van der Waals surface area contributed by atoms with Crippen molar-refractivity contribution in [3.63, 3.8) is 0 Å². The second kappa shape index (κ2) is 7.37. The molecule has 0 saturated heterocycles. The molecule has 0 fully saturated rings. The topological polar surface area (TPSA) is 105 Å². The molecule has 8 heteroatoms. The number of hydrogen-bond donors (Lipinski definition) is 2. The van der Waals surface area contributed by atoms with E-state index < -0.39 is 16.4 Å². The molecule has 0 aliphatic carbocycles. The molecule has 0 aliphatic rings. The standard InChI is InChI=1S/C15H12ClN3O4/c16-12-7-11(15(21)13(8-12)19(22)23)9-17-18-14(20)6-10-4-2-1-3-5-10/h1-5,7-9,21H,6H2,(H,18,20)/b17-9-. The molecule has 0 aromatic heterocycles. The largest absolute Gasteiger partial charge is 0.502 e. The number of hydrogen-bond acceptors (Lipinski definition) is 5. The first kappa shape index (κ1) is 16.4. The Morgan fingerprint density at radius 1 is 1.35 bits per heavy atom. The number of rotatable bonds is 5. The van der Waals surface area contributed by atoms with Crippen molar-refractivity contribution in [2.75, 3.05) is 0 Å². The molecular formula is C15H12ClN3O4. The highest BCUT2D eigenvalue weighted by Gasteiger charge is 2.17. The number of hydrazone groups is 1. The lowest BCUT2D eigenvalue weighted by Gasteiger charge is -2.02. The van der Waals surface area contributed by atoms with Gasteiger partial charge in [0, 0.05) is 16.7 Å². The zero-order chi connectivity index (χ0) is 16.8. The SMILES string of the molecule is O=C(Cc1ccccc1)N/N=C\c1cc(Cl)cc([N+](=O)[O-])c1O. The molecule has 2 rings (SSSR count). The Balaban J connectivity index is 2.06. The first-order valence-corrected chi connectivity index (χ1v) is 6.88. The van der Waals surface area contributed by atoms with Gasteiger partial charge in [-0.25, -0.2) is 5.43 Å². The molecule has 0 spiro atoms. The molecule has 2 aromatic carbocycles. The highest BCUT2D eigenvalue weighted by atomic mass is 35.5. The zero-order valence-corrected chi connectivity index (χ0v) is 12.5. The smallest absolute Gasteiger partial charge is 0.312 e. The van der Waals surface area contributed by atoms with E-state index in [0.717, 1.165) is 17.8 Å². The fourth-order valence-electron chi connectivity index (χ4n) is 1.84. The Morgan fingerprint density at radius 3 is 2.70 bits per heavy atom. The van der Waals surface area contributed by atoms with Crippen LogP contribution in [0.5, 0.6) is 5.75 Å². The zero-order valence-electron chi connectivity index (χ0n) is 11.8. The van der Waals surface area contributed by atoms with Gasteiger partial charge in [-0.15, -0.1) is 0 Å². The van der Waals surface area contributed by atoms with E-state index in [4.69, 9.17) is 11.6 Å². The van der Waals surface area contributed by atoms with Crippen LogP contribution in [-0.2, 0) is 11.2 Å². The summed E-state index contributed by atoms with van der Waals surface area (Å²) in [5, 5.41) is 24.3. The number of amides is 1. The van der Waals surface area contributed by atoms with Crippen molar-refractivity contribution in [3.8, 4) is 5.75 Å². The van der Waals surface area contributed by atoms with Crippen molar-refractivity contribution in [2.24, 2.45) is 5.10 Å².